The zero-order chi connectivity index (χ0) is 25.2. The molecule has 1 heterocycles. The number of benzene rings is 4. The molecule has 178 valence electrons. The SMILES string of the molecule is Cc1ccc2oc(-c3ccc(C)c(N=Cc4cc(Cc5ccccc5)cc([N+](=O)[O-])c4O)c3)nc2c1. The Bertz CT molecular complexity index is 1620. The summed E-state index contributed by atoms with van der Waals surface area (Å²) >= 11 is 0. The van der Waals surface area contributed by atoms with E-state index in [2.05, 4.69) is 9.98 Å². The normalized spacial score (nSPS) is 11.4. The van der Waals surface area contributed by atoms with E-state index < -0.39 is 10.7 Å². The van der Waals surface area contributed by atoms with Gasteiger partial charge in [0.2, 0.25) is 11.6 Å². The third kappa shape index (κ3) is 4.72. The van der Waals surface area contributed by atoms with Gasteiger partial charge >= 0.3 is 5.69 Å². The summed E-state index contributed by atoms with van der Waals surface area (Å²) < 4.78 is 5.92. The number of hydrogen-bond acceptors (Lipinski definition) is 6. The van der Waals surface area contributed by atoms with Crippen LogP contribution in [0.1, 0.15) is 27.8 Å². The highest BCUT2D eigenvalue weighted by Gasteiger charge is 2.19. The number of oxazole rings is 1. The van der Waals surface area contributed by atoms with Crippen molar-refractivity contribution < 1.29 is 14.4 Å². The standard InChI is InChI=1S/C29H23N3O4/c1-18-8-11-27-25(12-18)31-29(36-27)22-10-9-19(2)24(16-22)30-17-23-14-21(13-20-6-4-3-5-7-20)15-26(28(23)33)32(34)35/h3-12,14-17,33H,13H2,1-2H3. The fourth-order valence-electron chi connectivity index (χ4n) is 4.05. The van der Waals surface area contributed by atoms with Crippen molar-refractivity contribution in [2.45, 2.75) is 20.3 Å². The molecule has 0 aliphatic heterocycles. The minimum atomic E-state index is -0.581. The zero-order valence-corrected chi connectivity index (χ0v) is 19.8. The van der Waals surface area contributed by atoms with E-state index in [0.29, 0.717) is 29.1 Å². The Labute approximate surface area is 207 Å². The molecule has 0 fully saturated rings. The van der Waals surface area contributed by atoms with Crippen LogP contribution in [0.4, 0.5) is 11.4 Å². The highest BCUT2D eigenvalue weighted by Crippen LogP contribution is 2.33. The molecule has 0 unspecified atom stereocenters. The van der Waals surface area contributed by atoms with Crippen molar-refractivity contribution in [1.29, 1.82) is 0 Å². The maximum Gasteiger partial charge on any atom is 0.311 e. The van der Waals surface area contributed by atoms with E-state index in [1.54, 1.807) is 6.07 Å². The van der Waals surface area contributed by atoms with Crippen molar-refractivity contribution >= 4 is 28.7 Å². The number of hydrogen-bond donors (Lipinski definition) is 1. The molecule has 0 aliphatic carbocycles. The first kappa shape index (κ1) is 23.0. The molecule has 0 spiro atoms. The topological polar surface area (TPSA) is 102 Å². The number of aryl methyl sites for hydroxylation is 2. The maximum atomic E-state index is 11.6. The first-order chi connectivity index (χ1) is 17.4. The Balaban J connectivity index is 1.51. The fraction of sp³-hybridized carbons (Fsp3) is 0.103. The van der Waals surface area contributed by atoms with Crippen molar-refractivity contribution in [2.24, 2.45) is 4.99 Å². The summed E-state index contributed by atoms with van der Waals surface area (Å²) in [5, 5.41) is 22.2. The van der Waals surface area contributed by atoms with E-state index in [1.807, 2.05) is 80.6 Å². The van der Waals surface area contributed by atoms with Crippen LogP contribution >= 0.6 is 0 Å². The average Bonchev–Trinajstić information content (AvgIpc) is 3.28. The summed E-state index contributed by atoms with van der Waals surface area (Å²) in [6.07, 6.45) is 1.95. The summed E-state index contributed by atoms with van der Waals surface area (Å²) in [7, 11) is 0. The fourth-order valence-corrected chi connectivity index (χ4v) is 4.05. The smallest absolute Gasteiger partial charge is 0.311 e. The number of phenolic OH excluding ortho intramolecular Hbond substituents is 1. The molecule has 1 aromatic heterocycles. The number of aromatic nitrogens is 1. The van der Waals surface area contributed by atoms with Gasteiger partial charge < -0.3 is 9.52 Å². The molecular weight excluding hydrogens is 454 g/mol. The lowest BCUT2D eigenvalue weighted by Crippen LogP contribution is -1.97. The van der Waals surface area contributed by atoms with Crippen molar-refractivity contribution in [3.63, 3.8) is 0 Å². The third-order valence-electron chi connectivity index (χ3n) is 5.97. The molecule has 0 saturated heterocycles. The lowest BCUT2D eigenvalue weighted by Gasteiger charge is -2.07. The van der Waals surface area contributed by atoms with Crippen LogP contribution in [-0.4, -0.2) is 21.2 Å². The highest BCUT2D eigenvalue weighted by molar-refractivity contribution is 5.88. The first-order valence-corrected chi connectivity index (χ1v) is 11.4. The lowest BCUT2D eigenvalue weighted by molar-refractivity contribution is -0.385. The van der Waals surface area contributed by atoms with Gasteiger partial charge in [0, 0.05) is 23.4 Å². The maximum absolute atomic E-state index is 11.6. The largest absolute Gasteiger partial charge is 0.502 e. The van der Waals surface area contributed by atoms with Crippen LogP contribution in [0.5, 0.6) is 5.75 Å². The number of nitro groups is 1. The molecule has 0 bridgehead atoms. The molecule has 0 radical (unpaired) electrons. The molecule has 1 N–H and O–H groups in total. The Morgan fingerprint density at radius 3 is 2.58 bits per heavy atom. The Morgan fingerprint density at radius 1 is 1.00 bits per heavy atom. The molecule has 36 heavy (non-hydrogen) atoms. The van der Waals surface area contributed by atoms with Crippen LogP contribution in [0.15, 0.2) is 88.3 Å². The number of nitro benzene ring substituents is 1. The molecule has 7 heteroatoms. The number of phenols is 1. The van der Waals surface area contributed by atoms with Gasteiger partial charge in [0.05, 0.1) is 10.6 Å². The predicted octanol–water partition coefficient (Wildman–Crippen LogP) is 7.07. The molecule has 5 aromatic rings. The van der Waals surface area contributed by atoms with Crippen LogP contribution in [0.2, 0.25) is 0 Å². The monoisotopic (exact) mass is 477 g/mol. The Hall–Kier alpha value is -4.78. The van der Waals surface area contributed by atoms with Gasteiger partial charge in [0.15, 0.2) is 5.58 Å². The molecule has 0 aliphatic rings. The van der Waals surface area contributed by atoms with Gasteiger partial charge in [0.25, 0.3) is 0 Å². The summed E-state index contributed by atoms with van der Waals surface area (Å²) in [5.74, 6) is 0.0686. The number of aliphatic imine (C=N–C) groups is 1. The molecule has 0 amide bonds. The van der Waals surface area contributed by atoms with Gasteiger partial charge in [-0.05, 0) is 72.9 Å². The Morgan fingerprint density at radius 2 is 1.81 bits per heavy atom. The van der Waals surface area contributed by atoms with Crippen molar-refractivity contribution in [1.82, 2.24) is 4.98 Å². The van der Waals surface area contributed by atoms with Crippen LogP contribution in [-0.2, 0) is 6.42 Å². The van der Waals surface area contributed by atoms with Gasteiger partial charge in [-0.1, -0.05) is 42.5 Å². The Kier molecular flexibility index (Phi) is 6.04. The molecule has 0 atom stereocenters. The van der Waals surface area contributed by atoms with Crippen LogP contribution in [0.3, 0.4) is 0 Å². The molecule has 4 aromatic carbocycles. The predicted molar refractivity (Wildman–Crippen MR) is 140 cm³/mol. The lowest BCUT2D eigenvalue weighted by atomic mass is 10.0. The number of rotatable bonds is 6. The third-order valence-corrected chi connectivity index (χ3v) is 5.97. The van der Waals surface area contributed by atoms with Crippen molar-refractivity contribution in [3.05, 3.63) is 117 Å². The van der Waals surface area contributed by atoms with E-state index in [-0.39, 0.29) is 11.3 Å². The summed E-state index contributed by atoms with van der Waals surface area (Å²) in [6.45, 7) is 3.92. The summed E-state index contributed by atoms with van der Waals surface area (Å²) in [6, 6.07) is 24.3. The highest BCUT2D eigenvalue weighted by atomic mass is 16.6. The average molecular weight is 478 g/mol. The van der Waals surface area contributed by atoms with E-state index in [9.17, 15) is 15.2 Å². The van der Waals surface area contributed by atoms with Gasteiger partial charge in [0.1, 0.15) is 5.52 Å². The zero-order valence-electron chi connectivity index (χ0n) is 19.8. The molecule has 0 saturated carbocycles. The molecule has 7 nitrogen and oxygen atoms in total. The van der Waals surface area contributed by atoms with E-state index in [4.69, 9.17) is 4.42 Å². The number of aromatic hydroxyl groups is 1. The minimum Gasteiger partial charge on any atom is -0.502 e. The van der Waals surface area contributed by atoms with Crippen LogP contribution < -0.4 is 0 Å². The quantitative estimate of drug-likeness (QED) is 0.160. The van der Waals surface area contributed by atoms with Gasteiger partial charge in [-0.3, -0.25) is 15.1 Å². The second kappa shape index (κ2) is 9.46. The number of fused-ring (bicyclic) bond motifs is 1. The van der Waals surface area contributed by atoms with Gasteiger partial charge in [-0.25, -0.2) is 4.98 Å². The van der Waals surface area contributed by atoms with Crippen molar-refractivity contribution in [3.8, 4) is 17.2 Å². The van der Waals surface area contributed by atoms with E-state index in [1.165, 1.54) is 12.3 Å². The molecular formula is C29H23N3O4. The van der Waals surface area contributed by atoms with E-state index >= 15 is 0 Å². The van der Waals surface area contributed by atoms with Gasteiger partial charge in [-0.15, -0.1) is 0 Å². The minimum absolute atomic E-state index is 0.275. The number of nitrogens with zero attached hydrogens (tertiary/aromatic N) is 3. The van der Waals surface area contributed by atoms with Crippen LogP contribution in [0, 0.1) is 24.0 Å². The van der Waals surface area contributed by atoms with Gasteiger partial charge in [-0.2, -0.15) is 0 Å². The van der Waals surface area contributed by atoms with Crippen LogP contribution in [0.25, 0.3) is 22.6 Å². The second-order valence-electron chi connectivity index (χ2n) is 8.72. The molecule has 5 rings (SSSR count). The summed E-state index contributed by atoms with van der Waals surface area (Å²) in [4.78, 5) is 20.2. The van der Waals surface area contributed by atoms with Crippen molar-refractivity contribution in [2.75, 3.05) is 0 Å². The first-order valence-electron chi connectivity index (χ1n) is 11.4. The van der Waals surface area contributed by atoms with E-state index in [0.717, 1.165) is 27.8 Å². The second-order valence-corrected chi connectivity index (χ2v) is 8.72. The summed E-state index contributed by atoms with van der Waals surface area (Å²) in [5.41, 5.74) is 6.52.